The van der Waals surface area contributed by atoms with Gasteiger partial charge in [0.15, 0.2) is 0 Å². The highest BCUT2D eigenvalue weighted by Crippen LogP contribution is 2.23. The monoisotopic (exact) mass is 381 g/mol. The molecule has 0 radical (unpaired) electrons. The summed E-state index contributed by atoms with van der Waals surface area (Å²) >= 11 is 0. The van der Waals surface area contributed by atoms with Gasteiger partial charge >= 0.3 is 0 Å². The van der Waals surface area contributed by atoms with Gasteiger partial charge in [-0.2, -0.15) is 5.10 Å². The summed E-state index contributed by atoms with van der Waals surface area (Å²) in [6, 6.07) is 14.6. The predicted octanol–water partition coefficient (Wildman–Crippen LogP) is 2.55. The smallest absolute Gasteiger partial charge is 0.267 e. The molecule has 7 nitrogen and oxygen atoms in total. The molecule has 28 heavy (non-hydrogen) atoms. The van der Waals surface area contributed by atoms with E-state index < -0.39 is 0 Å². The Balaban J connectivity index is 1.57. The number of hydrogen-bond donors (Lipinski definition) is 1. The van der Waals surface area contributed by atoms with E-state index in [0.29, 0.717) is 25.5 Å². The second-order valence-corrected chi connectivity index (χ2v) is 6.84. The SMILES string of the molecule is COc1cccc(-c2ccc(=O)n(C3COCC3NCc3ccc(C)o3)n2)c1. The molecule has 1 fully saturated rings. The van der Waals surface area contributed by atoms with E-state index in [-0.39, 0.29) is 17.6 Å². The Labute approximate surface area is 162 Å². The second kappa shape index (κ2) is 8.00. The first-order valence-corrected chi connectivity index (χ1v) is 9.25. The largest absolute Gasteiger partial charge is 0.497 e. The molecule has 0 aliphatic carbocycles. The van der Waals surface area contributed by atoms with Crippen molar-refractivity contribution in [2.45, 2.75) is 25.6 Å². The van der Waals surface area contributed by atoms with Gasteiger partial charge in [0, 0.05) is 11.6 Å². The van der Waals surface area contributed by atoms with Crippen LogP contribution >= 0.6 is 0 Å². The third-order valence-electron chi connectivity index (χ3n) is 4.89. The van der Waals surface area contributed by atoms with E-state index in [1.807, 2.05) is 43.3 Å². The van der Waals surface area contributed by atoms with E-state index in [1.54, 1.807) is 19.2 Å². The lowest BCUT2D eigenvalue weighted by molar-refractivity contribution is 0.180. The number of rotatable bonds is 6. The summed E-state index contributed by atoms with van der Waals surface area (Å²) in [5, 5.41) is 8.04. The van der Waals surface area contributed by atoms with E-state index in [1.165, 1.54) is 4.68 Å². The number of methoxy groups -OCH3 is 1. The Hall–Kier alpha value is -2.90. The fourth-order valence-corrected chi connectivity index (χ4v) is 3.39. The highest BCUT2D eigenvalue weighted by atomic mass is 16.5. The Bertz CT molecular complexity index is 1010. The molecule has 0 spiro atoms. The van der Waals surface area contributed by atoms with Crippen molar-refractivity contribution >= 4 is 0 Å². The molecule has 3 heterocycles. The molecule has 1 aliphatic heterocycles. The van der Waals surface area contributed by atoms with Gasteiger partial charge in [-0.25, -0.2) is 4.68 Å². The van der Waals surface area contributed by atoms with Crippen molar-refractivity contribution in [2.75, 3.05) is 20.3 Å². The van der Waals surface area contributed by atoms with Crippen LogP contribution < -0.4 is 15.6 Å². The molecule has 0 amide bonds. The van der Waals surface area contributed by atoms with Gasteiger partial charge in [0.05, 0.1) is 44.6 Å². The lowest BCUT2D eigenvalue weighted by Crippen LogP contribution is -2.41. The maximum Gasteiger partial charge on any atom is 0.267 e. The van der Waals surface area contributed by atoms with Crippen LogP contribution in [0.2, 0.25) is 0 Å². The van der Waals surface area contributed by atoms with Gasteiger partial charge in [-0.15, -0.1) is 0 Å². The van der Waals surface area contributed by atoms with Crippen LogP contribution in [0.1, 0.15) is 17.6 Å². The summed E-state index contributed by atoms with van der Waals surface area (Å²) in [6.07, 6.45) is 0. The molecule has 1 saturated heterocycles. The minimum Gasteiger partial charge on any atom is -0.497 e. The summed E-state index contributed by atoms with van der Waals surface area (Å²) in [7, 11) is 1.63. The minimum absolute atomic E-state index is 0.0313. The third kappa shape index (κ3) is 3.85. The van der Waals surface area contributed by atoms with Gasteiger partial charge in [-0.1, -0.05) is 12.1 Å². The van der Waals surface area contributed by atoms with Gasteiger partial charge in [-0.3, -0.25) is 4.79 Å². The normalized spacial score (nSPS) is 19.1. The van der Waals surface area contributed by atoms with Crippen LogP contribution in [0.5, 0.6) is 5.75 Å². The zero-order valence-corrected chi connectivity index (χ0v) is 15.9. The van der Waals surface area contributed by atoms with Crippen LogP contribution in [0.25, 0.3) is 11.3 Å². The van der Waals surface area contributed by atoms with Crippen molar-refractivity contribution in [3.8, 4) is 17.0 Å². The summed E-state index contributed by atoms with van der Waals surface area (Å²) in [5.74, 6) is 2.48. The molecule has 1 aliphatic rings. The lowest BCUT2D eigenvalue weighted by atomic mass is 10.1. The highest BCUT2D eigenvalue weighted by molar-refractivity contribution is 5.60. The Kier molecular flexibility index (Phi) is 5.27. The number of aryl methyl sites for hydroxylation is 1. The molecule has 1 N–H and O–H groups in total. The van der Waals surface area contributed by atoms with Crippen LogP contribution in [0.4, 0.5) is 0 Å². The third-order valence-corrected chi connectivity index (χ3v) is 4.89. The summed E-state index contributed by atoms with van der Waals surface area (Å²) in [4.78, 5) is 12.5. The van der Waals surface area contributed by atoms with E-state index in [0.717, 1.165) is 22.8 Å². The lowest BCUT2D eigenvalue weighted by Gasteiger charge is -2.20. The first-order chi connectivity index (χ1) is 13.6. The van der Waals surface area contributed by atoms with Crippen molar-refractivity contribution in [1.29, 1.82) is 0 Å². The average molecular weight is 381 g/mol. The Morgan fingerprint density at radius 1 is 1.21 bits per heavy atom. The van der Waals surface area contributed by atoms with Crippen molar-refractivity contribution < 1.29 is 13.9 Å². The molecule has 2 atom stereocenters. The molecule has 0 saturated carbocycles. The number of furan rings is 1. The van der Waals surface area contributed by atoms with E-state index in [9.17, 15) is 4.79 Å². The van der Waals surface area contributed by atoms with E-state index >= 15 is 0 Å². The van der Waals surface area contributed by atoms with Crippen molar-refractivity contribution in [1.82, 2.24) is 15.1 Å². The van der Waals surface area contributed by atoms with Crippen LogP contribution in [0.3, 0.4) is 0 Å². The quantitative estimate of drug-likeness (QED) is 0.707. The zero-order valence-electron chi connectivity index (χ0n) is 15.9. The van der Waals surface area contributed by atoms with Crippen LogP contribution in [-0.4, -0.2) is 36.1 Å². The van der Waals surface area contributed by atoms with E-state index in [4.69, 9.17) is 13.9 Å². The van der Waals surface area contributed by atoms with Gasteiger partial charge in [0.1, 0.15) is 17.3 Å². The van der Waals surface area contributed by atoms with Gasteiger partial charge in [0.2, 0.25) is 0 Å². The van der Waals surface area contributed by atoms with Crippen LogP contribution in [-0.2, 0) is 11.3 Å². The highest BCUT2D eigenvalue weighted by Gasteiger charge is 2.31. The topological polar surface area (TPSA) is 78.5 Å². The molecule has 1 aromatic carbocycles. The van der Waals surface area contributed by atoms with Gasteiger partial charge in [0.25, 0.3) is 5.56 Å². The number of nitrogens with zero attached hydrogens (tertiary/aromatic N) is 2. The second-order valence-electron chi connectivity index (χ2n) is 6.84. The number of aromatic nitrogens is 2. The first kappa shape index (κ1) is 18.5. The maximum absolute atomic E-state index is 12.5. The molecule has 146 valence electrons. The first-order valence-electron chi connectivity index (χ1n) is 9.25. The standard InChI is InChI=1S/C21H23N3O4/c1-14-6-7-17(28-14)11-22-19-12-27-13-20(19)24-21(25)9-8-18(23-24)15-4-3-5-16(10-15)26-2/h3-10,19-20,22H,11-13H2,1-2H3. The Morgan fingerprint density at radius 3 is 2.89 bits per heavy atom. The number of ether oxygens (including phenoxy) is 2. The molecule has 0 bridgehead atoms. The molecular weight excluding hydrogens is 358 g/mol. The molecular formula is C21H23N3O4. The van der Waals surface area contributed by atoms with Crippen molar-refractivity contribution in [3.63, 3.8) is 0 Å². The van der Waals surface area contributed by atoms with Crippen molar-refractivity contribution in [3.05, 3.63) is 70.4 Å². The van der Waals surface area contributed by atoms with Gasteiger partial charge in [-0.05, 0) is 37.3 Å². The Morgan fingerprint density at radius 2 is 2.11 bits per heavy atom. The molecule has 2 aromatic heterocycles. The fraction of sp³-hybridized carbons (Fsp3) is 0.333. The number of hydrogen-bond acceptors (Lipinski definition) is 6. The number of nitrogens with one attached hydrogen (secondary N) is 1. The molecule has 4 rings (SSSR count). The van der Waals surface area contributed by atoms with Crippen LogP contribution in [0.15, 0.2) is 57.7 Å². The fourth-order valence-electron chi connectivity index (χ4n) is 3.39. The predicted molar refractivity (Wildman–Crippen MR) is 104 cm³/mol. The summed E-state index contributed by atoms with van der Waals surface area (Å²) < 4.78 is 18.1. The number of benzene rings is 1. The minimum atomic E-state index is -0.186. The van der Waals surface area contributed by atoms with Crippen LogP contribution in [0, 0.1) is 6.92 Å². The van der Waals surface area contributed by atoms with Crippen molar-refractivity contribution in [2.24, 2.45) is 0 Å². The molecule has 3 aromatic rings. The molecule has 2 unspecified atom stereocenters. The maximum atomic E-state index is 12.5. The zero-order chi connectivity index (χ0) is 19.5. The average Bonchev–Trinajstić information content (AvgIpc) is 3.35. The van der Waals surface area contributed by atoms with Gasteiger partial charge < -0.3 is 19.2 Å². The van der Waals surface area contributed by atoms with E-state index in [2.05, 4.69) is 10.4 Å². The summed E-state index contributed by atoms with van der Waals surface area (Å²) in [5.41, 5.74) is 1.45. The molecule has 7 heteroatoms. The summed E-state index contributed by atoms with van der Waals surface area (Å²) in [6.45, 7) is 3.44.